The summed E-state index contributed by atoms with van der Waals surface area (Å²) in [5.74, 6) is -1.17. The molecule has 6 N–H and O–H groups in total. The largest absolute Gasteiger partial charge is 0.365 e. The molecule has 29 heavy (non-hydrogen) atoms. The number of hydrogen-bond acceptors (Lipinski definition) is 6. The van der Waals surface area contributed by atoms with E-state index in [9.17, 15) is 9.18 Å². The van der Waals surface area contributed by atoms with Crippen molar-refractivity contribution in [1.82, 2.24) is 14.5 Å². The molecular weight excluding hydrogens is 373 g/mol. The number of pyridine rings is 2. The van der Waals surface area contributed by atoms with Crippen molar-refractivity contribution >= 4 is 34.3 Å². The van der Waals surface area contributed by atoms with Gasteiger partial charge < -0.3 is 26.7 Å². The number of rotatable bonds is 5. The van der Waals surface area contributed by atoms with Gasteiger partial charge in [0.25, 0.3) is 5.91 Å². The van der Waals surface area contributed by atoms with Crippen LogP contribution < -0.4 is 22.1 Å². The third-order valence-electron chi connectivity index (χ3n) is 5.40. The van der Waals surface area contributed by atoms with Crippen molar-refractivity contribution in [3.63, 3.8) is 0 Å². The molecule has 1 unspecified atom stereocenters. The van der Waals surface area contributed by atoms with Crippen molar-refractivity contribution in [1.29, 1.82) is 0 Å². The summed E-state index contributed by atoms with van der Waals surface area (Å²) in [7, 11) is 1.89. The first-order valence-corrected chi connectivity index (χ1v) is 9.63. The van der Waals surface area contributed by atoms with Crippen LogP contribution in [0.3, 0.4) is 0 Å². The second-order valence-electron chi connectivity index (χ2n) is 7.43. The highest BCUT2D eigenvalue weighted by Gasteiger charge is 2.24. The van der Waals surface area contributed by atoms with Gasteiger partial charge in [-0.25, -0.2) is 14.4 Å². The number of carbonyl (C=O) groups is 1. The van der Waals surface area contributed by atoms with Gasteiger partial charge in [-0.15, -0.1) is 0 Å². The fourth-order valence-electron chi connectivity index (χ4n) is 3.79. The zero-order valence-electron chi connectivity index (χ0n) is 16.2. The van der Waals surface area contributed by atoms with Crippen LogP contribution in [-0.2, 0) is 7.05 Å². The summed E-state index contributed by atoms with van der Waals surface area (Å²) in [6.45, 7) is 0. The van der Waals surface area contributed by atoms with Crippen LogP contribution in [0.1, 0.15) is 36.0 Å². The van der Waals surface area contributed by atoms with E-state index in [0.717, 1.165) is 42.8 Å². The Morgan fingerprint density at radius 3 is 2.83 bits per heavy atom. The van der Waals surface area contributed by atoms with Gasteiger partial charge in [0.05, 0.1) is 11.3 Å². The molecule has 1 amide bonds. The molecule has 1 aliphatic carbocycles. The fraction of sp³-hybridized carbons (Fsp3) is 0.350. The molecule has 2 atom stereocenters. The first-order chi connectivity index (χ1) is 13.9. The number of nitrogens with one attached hydrogen (secondary N) is 2. The van der Waals surface area contributed by atoms with Gasteiger partial charge in [-0.3, -0.25) is 4.79 Å². The lowest BCUT2D eigenvalue weighted by atomic mass is 9.91. The number of primary amides is 1. The molecule has 0 aliphatic heterocycles. The van der Waals surface area contributed by atoms with Crippen LogP contribution in [0.15, 0.2) is 30.6 Å². The quantitative estimate of drug-likeness (QED) is 0.525. The van der Waals surface area contributed by atoms with Gasteiger partial charge in [-0.2, -0.15) is 0 Å². The smallest absolute Gasteiger partial charge is 0.252 e. The lowest BCUT2D eigenvalue weighted by molar-refractivity contribution is 0.100. The van der Waals surface area contributed by atoms with E-state index in [0.29, 0.717) is 5.69 Å². The summed E-state index contributed by atoms with van der Waals surface area (Å²) in [6.07, 6.45) is 7.36. The van der Waals surface area contributed by atoms with Crippen LogP contribution in [0.25, 0.3) is 11.0 Å². The van der Waals surface area contributed by atoms with Gasteiger partial charge in [0.15, 0.2) is 11.6 Å². The molecule has 1 saturated carbocycles. The first kappa shape index (κ1) is 19.1. The van der Waals surface area contributed by atoms with Gasteiger partial charge in [0.1, 0.15) is 11.5 Å². The van der Waals surface area contributed by atoms with Crippen LogP contribution in [-0.4, -0.2) is 32.5 Å². The van der Waals surface area contributed by atoms with E-state index in [4.69, 9.17) is 11.5 Å². The molecule has 0 saturated heterocycles. The second-order valence-corrected chi connectivity index (χ2v) is 7.43. The highest BCUT2D eigenvalue weighted by molar-refractivity contribution is 6.00. The summed E-state index contributed by atoms with van der Waals surface area (Å²) in [5.41, 5.74) is 13.1. The van der Waals surface area contributed by atoms with Crippen LogP contribution in [0.4, 0.5) is 21.7 Å². The highest BCUT2D eigenvalue weighted by Crippen LogP contribution is 2.29. The molecule has 152 valence electrons. The lowest BCUT2D eigenvalue weighted by Crippen LogP contribution is -2.43. The molecule has 0 radical (unpaired) electrons. The average molecular weight is 397 g/mol. The zero-order valence-corrected chi connectivity index (χ0v) is 16.2. The van der Waals surface area contributed by atoms with Gasteiger partial charge in [-0.05, 0) is 31.0 Å². The molecule has 0 spiro atoms. The minimum atomic E-state index is -0.766. The SMILES string of the molecule is Cn1ccc2c(Nc3nc(NC4CCCC[C@@H]4N)c(F)cc3C(N)=O)ccnc21. The van der Waals surface area contributed by atoms with Gasteiger partial charge in [0, 0.05) is 36.9 Å². The number of amides is 1. The second kappa shape index (κ2) is 7.67. The van der Waals surface area contributed by atoms with E-state index in [1.807, 2.05) is 23.9 Å². The normalized spacial score (nSPS) is 19.3. The lowest BCUT2D eigenvalue weighted by Gasteiger charge is -2.30. The predicted molar refractivity (Wildman–Crippen MR) is 111 cm³/mol. The number of halogens is 1. The summed E-state index contributed by atoms with van der Waals surface area (Å²) < 4.78 is 16.5. The van der Waals surface area contributed by atoms with E-state index < -0.39 is 11.7 Å². The monoisotopic (exact) mass is 397 g/mol. The molecule has 8 nitrogen and oxygen atoms in total. The number of nitrogens with two attached hydrogens (primary N) is 2. The number of anilines is 3. The maximum atomic E-state index is 14.7. The van der Waals surface area contributed by atoms with Crippen molar-refractivity contribution in [3.8, 4) is 0 Å². The number of carbonyl (C=O) groups excluding carboxylic acids is 1. The Labute approximate surface area is 167 Å². The molecule has 4 rings (SSSR count). The zero-order chi connectivity index (χ0) is 20.5. The van der Waals surface area contributed by atoms with Crippen LogP contribution >= 0.6 is 0 Å². The van der Waals surface area contributed by atoms with E-state index in [1.54, 1.807) is 12.3 Å². The number of aromatic nitrogens is 3. The molecular formula is C20H24FN7O. The van der Waals surface area contributed by atoms with Crippen LogP contribution in [0.5, 0.6) is 0 Å². The molecule has 1 fully saturated rings. The average Bonchev–Trinajstić information content (AvgIpc) is 3.08. The van der Waals surface area contributed by atoms with Crippen molar-refractivity contribution < 1.29 is 9.18 Å². The van der Waals surface area contributed by atoms with Crippen molar-refractivity contribution in [2.75, 3.05) is 10.6 Å². The third-order valence-corrected chi connectivity index (χ3v) is 5.40. The van der Waals surface area contributed by atoms with Gasteiger partial charge in [0.2, 0.25) is 0 Å². The number of aryl methyl sites for hydroxylation is 1. The molecule has 0 bridgehead atoms. The standard InChI is InChI=1S/C20H24FN7O/c1-28-9-7-11-15(6-8-24-20(11)28)25-18-12(17(23)29)10-13(21)19(27-18)26-16-5-3-2-4-14(16)22/h6-10,14,16H,2-5,22H2,1H3,(H2,23,29)(H2,24,25,26,27)/t14-,16?/m0/s1. The Hall–Kier alpha value is -3.20. The first-order valence-electron chi connectivity index (χ1n) is 9.63. The molecule has 1 aliphatic rings. The van der Waals surface area contributed by atoms with Crippen LogP contribution in [0, 0.1) is 5.82 Å². The fourth-order valence-corrected chi connectivity index (χ4v) is 3.79. The Morgan fingerprint density at radius 1 is 1.28 bits per heavy atom. The number of nitrogens with zero attached hydrogens (tertiary/aromatic N) is 3. The molecule has 3 aromatic rings. The Bertz CT molecular complexity index is 1060. The highest BCUT2D eigenvalue weighted by atomic mass is 19.1. The number of fused-ring (bicyclic) bond motifs is 1. The minimum Gasteiger partial charge on any atom is -0.365 e. The van der Waals surface area contributed by atoms with Crippen molar-refractivity contribution in [2.24, 2.45) is 18.5 Å². The van der Waals surface area contributed by atoms with Crippen molar-refractivity contribution in [3.05, 3.63) is 42.0 Å². The molecule has 0 aromatic carbocycles. The van der Waals surface area contributed by atoms with Crippen molar-refractivity contribution in [2.45, 2.75) is 37.8 Å². The topological polar surface area (TPSA) is 124 Å². The van der Waals surface area contributed by atoms with E-state index in [-0.39, 0.29) is 29.3 Å². The summed E-state index contributed by atoms with van der Waals surface area (Å²) in [5, 5.41) is 7.08. The Morgan fingerprint density at radius 2 is 2.07 bits per heavy atom. The number of hydrogen-bond donors (Lipinski definition) is 4. The van der Waals surface area contributed by atoms with Crippen LogP contribution in [0.2, 0.25) is 0 Å². The minimum absolute atomic E-state index is 0.0260. The summed E-state index contributed by atoms with van der Waals surface area (Å²) in [6, 6.07) is 4.64. The van der Waals surface area contributed by atoms with E-state index in [1.165, 1.54) is 0 Å². The molecule has 3 aromatic heterocycles. The van der Waals surface area contributed by atoms with Gasteiger partial charge >= 0.3 is 0 Å². The van der Waals surface area contributed by atoms with E-state index in [2.05, 4.69) is 20.6 Å². The Kier molecular flexibility index (Phi) is 5.06. The summed E-state index contributed by atoms with van der Waals surface area (Å²) in [4.78, 5) is 20.6. The maximum absolute atomic E-state index is 14.7. The van der Waals surface area contributed by atoms with E-state index >= 15 is 0 Å². The van der Waals surface area contributed by atoms with Gasteiger partial charge in [-0.1, -0.05) is 12.8 Å². The Balaban J connectivity index is 1.71. The summed E-state index contributed by atoms with van der Waals surface area (Å²) >= 11 is 0. The molecule has 9 heteroatoms. The molecule has 3 heterocycles. The third kappa shape index (κ3) is 3.73. The maximum Gasteiger partial charge on any atom is 0.252 e. The predicted octanol–water partition coefficient (Wildman–Crippen LogP) is 2.63.